The Balaban J connectivity index is 3.52. The van der Waals surface area contributed by atoms with Gasteiger partial charge in [0.25, 0.3) is 0 Å². The topological polar surface area (TPSA) is 46.5 Å². The van der Waals surface area contributed by atoms with Crippen molar-refractivity contribution in [2.24, 2.45) is 0 Å². The van der Waals surface area contributed by atoms with Crippen LogP contribution < -0.4 is 0 Å². The third-order valence-electron chi connectivity index (χ3n) is 0.822. The van der Waals surface area contributed by atoms with E-state index in [2.05, 4.69) is 11.7 Å². The lowest BCUT2D eigenvalue weighted by atomic mass is 10.5. The third-order valence-corrected chi connectivity index (χ3v) is 1.90. The summed E-state index contributed by atoms with van der Waals surface area (Å²) in [6.07, 6.45) is 0.352. The molecule has 0 aromatic heterocycles. The van der Waals surface area contributed by atoms with Crippen molar-refractivity contribution in [1.29, 1.82) is 0 Å². The molecular weight excluding hydrogens is 127 g/mol. The molecule has 2 unspecified atom stereocenters. The molecule has 0 bridgehead atoms. The Morgan fingerprint density at radius 3 is 2.50 bits per heavy atom. The van der Waals surface area contributed by atoms with Gasteiger partial charge in [-0.1, -0.05) is 6.92 Å². The molecule has 0 saturated carbocycles. The van der Waals surface area contributed by atoms with Crippen LogP contribution in [0.4, 0.5) is 0 Å². The predicted octanol–water partition coefficient (Wildman–Crippen LogP) is 0.650. The van der Waals surface area contributed by atoms with Gasteiger partial charge in [0.2, 0.25) is 8.03 Å². The number of rotatable bonds is 3. The standard InChI is InChI=1S/C4H10O3P/c1-3-4(7-2)8(5)6/h4,8H,1,3H2,2H3,(H,5,6). The maximum Gasteiger partial charge on any atom is 0.217 e. The van der Waals surface area contributed by atoms with Crippen LogP contribution >= 0.6 is 8.03 Å². The normalized spacial score (nSPS) is 17.9. The van der Waals surface area contributed by atoms with Gasteiger partial charge in [0.1, 0.15) is 5.85 Å². The third kappa shape index (κ3) is 2.46. The SMILES string of the molecule is [CH2]CC(OC)[PH](=O)O. The molecule has 0 aliphatic rings. The van der Waals surface area contributed by atoms with Crippen LogP contribution in [0.3, 0.4) is 0 Å². The minimum atomic E-state index is -2.51. The van der Waals surface area contributed by atoms with E-state index >= 15 is 0 Å². The maximum atomic E-state index is 10.2. The number of ether oxygens (including phenoxy) is 1. The fourth-order valence-corrected chi connectivity index (χ4v) is 0.791. The summed E-state index contributed by atoms with van der Waals surface area (Å²) in [5, 5.41) is 0. The van der Waals surface area contributed by atoms with Gasteiger partial charge in [0.15, 0.2) is 0 Å². The van der Waals surface area contributed by atoms with E-state index in [1.54, 1.807) is 0 Å². The van der Waals surface area contributed by atoms with E-state index in [4.69, 9.17) is 4.89 Å². The summed E-state index contributed by atoms with van der Waals surface area (Å²) in [5.41, 5.74) is 0. The van der Waals surface area contributed by atoms with Crippen LogP contribution in [0.5, 0.6) is 0 Å². The summed E-state index contributed by atoms with van der Waals surface area (Å²) in [7, 11) is -1.11. The van der Waals surface area contributed by atoms with Gasteiger partial charge in [-0.2, -0.15) is 0 Å². The van der Waals surface area contributed by atoms with Crippen LogP contribution in [0.15, 0.2) is 0 Å². The van der Waals surface area contributed by atoms with E-state index in [1.807, 2.05) is 0 Å². The molecule has 4 heteroatoms. The first-order valence-electron chi connectivity index (χ1n) is 2.27. The Bertz CT molecular complexity index is 79.4. The summed E-state index contributed by atoms with van der Waals surface area (Å²) < 4.78 is 14.8. The molecule has 1 radical (unpaired) electrons. The van der Waals surface area contributed by atoms with Gasteiger partial charge >= 0.3 is 0 Å². The zero-order valence-electron chi connectivity index (χ0n) is 4.76. The molecular formula is C4H10O3P. The highest BCUT2D eigenvalue weighted by molar-refractivity contribution is 7.38. The van der Waals surface area contributed by atoms with E-state index < -0.39 is 13.9 Å². The second-order valence-corrected chi connectivity index (χ2v) is 2.67. The van der Waals surface area contributed by atoms with E-state index in [0.717, 1.165) is 0 Å². The Hall–Kier alpha value is 0.150. The van der Waals surface area contributed by atoms with Crippen molar-refractivity contribution < 1.29 is 14.2 Å². The van der Waals surface area contributed by atoms with Crippen LogP contribution in [0.1, 0.15) is 6.42 Å². The molecule has 1 N–H and O–H groups in total. The van der Waals surface area contributed by atoms with Crippen LogP contribution in [-0.2, 0) is 9.30 Å². The lowest BCUT2D eigenvalue weighted by molar-refractivity contribution is 0.159. The summed E-state index contributed by atoms with van der Waals surface area (Å²) in [6, 6.07) is 0. The Labute approximate surface area is 49.5 Å². The Morgan fingerprint density at radius 1 is 2.00 bits per heavy atom. The number of hydrogen-bond acceptors (Lipinski definition) is 2. The largest absolute Gasteiger partial charge is 0.372 e. The lowest BCUT2D eigenvalue weighted by Crippen LogP contribution is -2.01. The van der Waals surface area contributed by atoms with Gasteiger partial charge < -0.3 is 9.63 Å². The second-order valence-electron chi connectivity index (χ2n) is 1.35. The van der Waals surface area contributed by atoms with Crippen molar-refractivity contribution in [2.75, 3.05) is 7.11 Å². The van der Waals surface area contributed by atoms with Crippen LogP contribution in [0, 0.1) is 6.92 Å². The van der Waals surface area contributed by atoms with Gasteiger partial charge in [-0.15, -0.1) is 0 Å². The average molecular weight is 137 g/mol. The van der Waals surface area contributed by atoms with Crippen LogP contribution in [0.25, 0.3) is 0 Å². The first-order chi connectivity index (χ1) is 3.72. The molecule has 0 aliphatic carbocycles. The summed E-state index contributed by atoms with van der Waals surface area (Å²) in [4.78, 5) is 8.39. The molecule has 0 fully saturated rings. The Morgan fingerprint density at radius 2 is 2.50 bits per heavy atom. The quantitative estimate of drug-likeness (QED) is 0.581. The zero-order valence-corrected chi connectivity index (χ0v) is 5.76. The first-order valence-corrected chi connectivity index (χ1v) is 3.70. The Kier molecular flexibility index (Phi) is 4.15. The number of hydrogen-bond donors (Lipinski definition) is 1. The smallest absolute Gasteiger partial charge is 0.217 e. The molecule has 2 atom stereocenters. The van der Waals surface area contributed by atoms with Crippen molar-refractivity contribution in [3.63, 3.8) is 0 Å². The molecule has 0 aromatic carbocycles. The van der Waals surface area contributed by atoms with Crippen molar-refractivity contribution in [2.45, 2.75) is 12.3 Å². The minimum Gasteiger partial charge on any atom is -0.372 e. The highest BCUT2D eigenvalue weighted by Gasteiger charge is 2.08. The van der Waals surface area contributed by atoms with Crippen LogP contribution in [-0.4, -0.2) is 17.8 Å². The summed E-state index contributed by atoms with van der Waals surface area (Å²) in [6.45, 7) is 3.42. The maximum absolute atomic E-state index is 10.2. The van der Waals surface area contributed by atoms with Gasteiger partial charge in [0.05, 0.1) is 0 Å². The molecule has 0 aliphatic heterocycles. The molecule has 0 amide bonds. The van der Waals surface area contributed by atoms with Gasteiger partial charge in [0, 0.05) is 7.11 Å². The second kappa shape index (κ2) is 4.07. The monoisotopic (exact) mass is 137 g/mol. The van der Waals surface area contributed by atoms with Gasteiger partial charge in [-0.3, -0.25) is 4.57 Å². The molecule has 0 aromatic rings. The predicted molar refractivity (Wildman–Crippen MR) is 32.0 cm³/mol. The van der Waals surface area contributed by atoms with Crippen molar-refractivity contribution in [3.05, 3.63) is 6.92 Å². The molecule has 8 heavy (non-hydrogen) atoms. The van der Waals surface area contributed by atoms with Crippen molar-refractivity contribution >= 4 is 8.03 Å². The fourth-order valence-electron chi connectivity index (χ4n) is 0.342. The molecule has 49 valence electrons. The van der Waals surface area contributed by atoms with E-state index in [-0.39, 0.29) is 0 Å². The zero-order chi connectivity index (χ0) is 6.57. The minimum absolute atomic E-state index is 0.352. The van der Waals surface area contributed by atoms with Crippen molar-refractivity contribution in [1.82, 2.24) is 0 Å². The van der Waals surface area contributed by atoms with Gasteiger partial charge in [-0.25, -0.2) is 0 Å². The fraction of sp³-hybridized carbons (Fsp3) is 0.750. The van der Waals surface area contributed by atoms with E-state index in [9.17, 15) is 4.57 Å². The van der Waals surface area contributed by atoms with Crippen LogP contribution in [0.2, 0.25) is 0 Å². The molecule has 0 spiro atoms. The molecule has 0 rings (SSSR count). The highest BCUT2D eigenvalue weighted by atomic mass is 31.1. The molecule has 3 nitrogen and oxygen atoms in total. The summed E-state index contributed by atoms with van der Waals surface area (Å²) in [5.74, 6) is -0.556. The first kappa shape index (κ1) is 8.15. The summed E-state index contributed by atoms with van der Waals surface area (Å²) >= 11 is 0. The van der Waals surface area contributed by atoms with Gasteiger partial charge in [-0.05, 0) is 6.42 Å². The van der Waals surface area contributed by atoms with E-state index in [1.165, 1.54) is 7.11 Å². The highest BCUT2D eigenvalue weighted by Crippen LogP contribution is 2.24. The average Bonchev–Trinajstić information content (AvgIpc) is 1.69. The van der Waals surface area contributed by atoms with E-state index in [0.29, 0.717) is 6.42 Å². The lowest BCUT2D eigenvalue weighted by Gasteiger charge is -2.06. The number of methoxy groups -OCH3 is 1. The molecule has 0 heterocycles. The molecule has 0 saturated heterocycles. The van der Waals surface area contributed by atoms with Crippen molar-refractivity contribution in [3.8, 4) is 0 Å².